The lowest BCUT2D eigenvalue weighted by molar-refractivity contribution is 0.101. The van der Waals surface area contributed by atoms with Gasteiger partial charge in [-0.05, 0) is 43.9 Å². The largest absolute Gasteiger partial charge is 0.360 e. The first-order valence-corrected chi connectivity index (χ1v) is 8.23. The van der Waals surface area contributed by atoms with Gasteiger partial charge in [-0.3, -0.25) is 9.89 Å². The highest BCUT2D eigenvalue weighted by atomic mass is 19.1. The molecule has 0 radical (unpaired) electrons. The van der Waals surface area contributed by atoms with Gasteiger partial charge >= 0.3 is 0 Å². The van der Waals surface area contributed by atoms with Gasteiger partial charge in [0.05, 0.1) is 0 Å². The number of rotatable bonds is 3. The zero-order chi connectivity index (χ0) is 17.4. The number of hydrogen-bond acceptors (Lipinski definition) is 4. The number of benzene rings is 1. The molecule has 0 saturated heterocycles. The Morgan fingerprint density at radius 3 is 2.80 bits per heavy atom. The maximum atomic E-state index is 13.2. The Balaban J connectivity index is 1.64. The predicted octanol–water partition coefficient (Wildman–Crippen LogP) is 3.64. The molecular weight excluding hydrogens is 323 g/mol. The average Bonchev–Trinajstić information content (AvgIpc) is 3.20. The van der Waals surface area contributed by atoms with Crippen LogP contribution in [0.3, 0.4) is 0 Å². The third-order valence-corrected chi connectivity index (χ3v) is 4.48. The number of carbonyl (C=O) groups excluding carboxylic acids is 1. The van der Waals surface area contributed by atoms with Crippen molar-refractivity contribution in [3.63, 3.8) is 0 Å². The Morgan fingerprint density at radius 1 is 1.24 bits per heavy atom. The van der Waals surface area contributed by atoms with E-state index < -0.39 is 0 Å². The Labute approximate surface area is 143 Å². The van der Waals surface area contributed by atoms with Gasteiger partial charge in [0, 0.05) is 23.2 Å². The lowest BCUT2D eigenvalue weighted by Crippen LogP contribution is -2.16. The van der Waals surface area contributed by atoms with E-state index in [9.17, 15) is 9.18 Å². The molecule has 0 bridgehead atoms. The maximum absolute atomic E-state index is 13.2. The van der Waals surface area contributed by atoms with Crippen LogP contribution in [0.15, 0.2) is 28.8 Å². The van der Waals surface area contributed by atoms with Gasteiger partial charge < -0.3 is 9.84 Å². The van der Waals surface area contributed by atoms with Crippen LogP contribution in [0.5, 0.6) is 0 Å². The summed E-state index contributed by atoms with van der Waals surface area (Å²) in [7, 11) is 0. The molecule has 1 aliphatic carbocycles. The molecule has 3 aromatic rings. The van der Waals surface area contributed by atoms with Crippen molar-refractivity contribution in [2.45, 2.75) is 32.6 Å². The van der Waals surface area contributed by atoms with Crippen molar-refractivity contribution in [1.82, 2.24) is 15.4 Å². The molecule has 1 amide bonds. The number of aromatic amines is 1. The first-order valence-electron chi connectivity index (χ1n) is 8.23. The minimum absolute atomic E-state index is 0.315. The van der Waals surface area contributed by atoms with Gasteiger partial charge in [-0.25, -0.2) is 4.39 Å². The van der Waals surface area contributed by atoms with Crippen LogP contribution in [0.25, 0.3) is 11.1 Å². The van der Waals surface area contributed by atoms with Gasteiger partial charge in [-0.2, -0.15) is 5.10 Å². The molecule has 2 N–H and O–H groups in total. The molecule has 4 rings (SSSR count). The molecule has 0 spiro atoms. The van der Waals surface area contributed by atoms with Gasteiger partial charge in [0.1, 0.15) is 11.6 Å². The van der Waals surface area contributed by atoms with E-state index >= 15 is 0 Å². The Bertz CT molecular complexity index is 927. The molecule has 0 saturated carbocycles. The summed E-state index contributed by atoms with van der Waals surface area (Å²) in [6.45, 7) is 1.85. The Kier molecular flexibility index (Phi) is 3.83. The fourth-order valence-corrected chi connectivity index (χ4v) is 3.22. The summed E-state index contributed by atoms with van der Waals surface area (Å²) in [5.74, 6) is 0.529. The number of H-pyrrole nitrogens is 1. The summed E-state index contributed by atoms with van der Waals surface area (Å²) >= 11 is 0. The van der Waals surface area contributed by atoms with Crippen LogP contribution in [0.4, 0.5) is 10.2 Å². The first kappa shape index (κ1) is 15.6. The van der Waals surface area contributed by atoms with Crippen LogP contribution in [0.2, 0.25) is 0 Å². The van der Waals surface area contributed by atoms with E-state index in [-0.39, 0.29) is 11.7 Å². The van der Waals surface area contributed by atoms with Crippen molar-refractivity contribution in [1.29, 1.82) is 0 Å². The van der Waals surface area contributed by atoms with Crippen LogP contribution in [0.1, 0.15) is 40.3 Å². The second-order valence-electron chi connectivity index (χ2n) is 6.17. The summed E-state index contributed by atoms with van der Waals surface area (Å²) in [6, 6.07) is 6.06. The molecule has 7 heteroatoms. The Hall–Kier alpha value is -2.96. The fourth-order valence-electron chi connectivity index (χ4n) is 3.22. The summed E-state index contributed by atoms with van der Waals surface area (Å²) in [4.78, 5) is 12.6. The number of halogens is 1. The van der Waals surface area contributed by atoms with Crippen LogP contribution < -0.4 is 5.32 Å². The number of carbonyl (C=O) groups is 1. The highest BCUT2D eigenvalue weighted by Crippen LogP contribution is 2.30. The normalized spacial score (nSPS) is 13.5. The number of amides is 1. The maximum Gasteiger partial charge on any atom is 0.279 e. The van der Waals surface area contributed by atoms with E-state index in [2.05, 4.69) is 20.7 Å². The van der Waals surface area contributed by atoms with Crippen LogP contribution in [0, 0.1) is 12.7 Å². The van der Waals surface area contributed by atoms with Crippen molar-refractivity contribution in [3.8, 4) is 11.1 Å². The summed E-state index contributed by atoms with van der Waals surface area (Å²) in [6.07, 6.45) is 3.69. The van der Waals surface area contributed by atoms with Gasteiger partial charge in [-0.15, -0.1) is 0 Å². The zero-order valence-electron chi connectivity index (χ0n) is 13.7. The molecule has 6 nitrogen and oxygen atoms in total. The van der Waals surface area contributed by atoms with E-state index in [4.69, 9.17) is 4.52 Å². The molecule has 1 aliphatic rings. The SMILES string of the molecule is Cc1[nH]nc(NC(=O)c2noc3c2CCCC3)c1-c1ccc(F)cc1. The molecule has 25 heavy (non-hydrogen) atoms. The van der Waals surface area contributed by atoms with E-state index in [0.29, 0.717) is 11.5 Å². The van der Waals surface area contributed by atoms with E-state index in [0.717, 1.165) is 53.8 Å². The van der Waals surface area contributed by atoms with Crippen LogP contribution >= 0.6 is 0 Å². The monoisotopic (exact) mass is 340 g/mol. The lowest BCUT2D eigenvalue weighted by atomic mass is 9.96. The van der Waals surface area contributed by atoms with Gasteiger partial charge in [0.2, 0.25) is 0 Å². The second kappa shape index (κ2) is 6.16. The molecule has 0 fully saturated rings. The van der Waals surface area contributed by atoms with Gasteiger partial charge in [0.25, 0.3) is 5.91 Å². The highest BCUT2D eigenvalue weighted by molar-refractivity contribution is 6.05. The number of aromatic nitrogens is 3. The minimum atomic E-state index is -0.346. The van der Waals surface area contributed by atoms with Crippen molar-refractivity contribution in [3.05, 3.63) is 52.8 Å². The zero-order valence-corrected chi connectivity index (χ0v) is 13.7. The first-order chi connectivity index (χ1) is 12.1. The molecule has 2 aromatic heterocycles. The summed E-state index contributed by atoms with van der Waals surface area (Å²) < 4.78 is 18.5. The Morgan fingerprint density at radius 2 is 2.00 bits per heavy atom. The third kappa shape index (κ3) is 2.82. The molecule has 0 aliphatic heterocycles. The topological polar surface area (TPSA) is 83.8 Å². The van der Waals surface area contributed by atoms with E-state index in [1.807, 2.05) is 6.92 Å². The smallest absolute Gasteiger partial charge is 0.279 e. The van der Waals surface area contributed by atoms with Crippen molar-refractivity contribution < 1.29 is 13.7 Å². The van der Waals surface area contributed by atoms with Crippen LogP contribution in [-0.2, 0) is 12.8 Å². The summed E-state index contributed by atoms with van der Waals surface area (Å²) in [5, 5.41) is 13.8. The number of hydrogen-bond donors (Lipinski definition) is 2. The third-order valence-electron chi connectivity index (χ3n) is 4.48. The average molecular weight is 340 g/mol. The summed E-state index contributed by atoms with van der Waals surface area (Å²) in [5.41, 5.74) is 3.49. The quantitative estimate of drug-likeness (QED) is 0.762. The predicted molar refractivity (Wildman–Crippen MR) is 89.8 cm³/mol. The van der Waals surface area contributed by atoms with Crippen LogP contribution in [-0.4, -0.2) is 21.3 Å². The van der Waals surface area contributed by atoms with Gasteiger partial charge in [-0.1, -0.05) is 17.3 Å². The lowest BCUT2D eigenvalue weighted by Gasteiger charge is -2.09. The number of nitrogens with zero attached hydrogens (tertiary/aromatic N) is 2. The van der Waals surface area contributed by atoms with E-state index in [1.54, 1.807) is 12.1 Å². The van der Waals surface area contributed by atoms with Crippen molar-refractivity contribution in [2.24, 2.45) is 0 Å². The fraction of sp³-hybridized carbons (Fsp3) is 0.278. The number of fused-ring (bicyclic) bond motifs is 1. The molecule has 0 unspecified atom stereocenters. The second-order valence-corrected chi connectivity index (χ2v) is 6.17. The molecular formula is C18H17FN4O2. The van der Waals surface area contributed by atoms with Crippen molar-refractivity contribution >= 4 is 11.7 Å². The molecule has 0 atom stereocenters. The number of anilines is 1. The van der Waals surface area contributed by atoms with Gasteiger partial charge in [0.15, 0.2) is 11.5 Å². The number of aryl methyl sites for hydroxylation is 2. The number of nitrogens with one attached hydrogen (secondary N) is 2. The molecule has 2 heterocycles. The standard InChI is InChI=1S/C18H17FN4O2/c1-10-15(11-6-8-12(19)9-7-11)17(22-21-10)20-18(24)16-13-4-2-3-5-14(13)25-23-16/h6-9H,2-5H2,1H3,(H2,20,21,22,24). The molecule has 1 aromatic carbocycles. The van der Waals surface area contributed by atoms with E-state index in [1.165, 1.54) is 12.1 Å². The van der Waals surface area contributed by atoms with Crippen molar-refractivity contribution in [2.75, 3.05) is 5.32 Å². The molecule has 128 valence electrons. The highest BCUT2D eigenvalue weighted by Gasteiger charge is 2.25. The minimum Gasteiger partial charge on any atom is -0.360 e.